The van der Waals surface area contributed by atoms with Crippen LogP contribution in [0.5, 0.6) is 5.75 Å². The first-order chi connectivity index (χ1) is 13.8. The van der Waals surface area contributed by atoms with Crippen LogP contribution in [0.1, 0.15) is 102 Å². The summed E-state index contributed by atoms with van der Waals surface area (Å²) in [7, 11) is 0. The highest BCUT2D eigenvalue weighted by molar-refractivity contribution is 5.72. The maximum atomic E-state index is 11.8. The molecule has 3 heteroatoms. The minimum Gasteiger partial charge on any atom is -0.427 e. The minimum atomic E-state index is -0.172. The summed E-state index contributed by atoms with van der Waals surface area (Å²) in [6.45, 7) is 2.26. The van der Waals surface area contributed by atoms with Crippen LogP contribution in [0.2, 0.25) is 0 Å². The van der Waals surface area contributed by atoms with Gasteiger partial charge >= 0.3 is 5.97 Å². The first kappa shape index (κ1) is 24.4. The number of aliphatic hydroxyl groups excluding tert-OH is 1. The average molecular weight is 389 g/mol. The Hall–Kier alpha value is -1.61. The van der Waals surface area contributed by atoms with Crippen LogP contribution in [0.4, 0.5) is 0 Å². The number of benzene rings is 1. The van der Waals surface area contributed by atoms with Crippen LogP contribution in [-0.4, -0.2) is 11.1 Å². The van der Waals surface area contributed by atoms with E-state index in [4.69, 9.17) is 9.84 Å². The maximum Gasteiger partial charge on any atom is 0.311 e. The van der Waals surface area contributed by atoms with Crippen molar-refractivity contribution >= 4 is 5.97 Å². The van der Waals surface area contributed by atoms with Crippen molar-refractivity contribution in [2.75, 3.05) is 0 Å². The van der Waals surface area contributed by atoms with Gasteiger partial charge in [0.25, 0.3) is 0 Å². The standard InChI is InChI=1S/C25H40O3/c1-2-3-4-5-6-7-8-9-10-11-12-13-14-15-16-17-25(27)28-24-20-18-23(22-26)19-21-24/h9-10,18-21,26H,2-8,11-17,22H2,1H3/b10-9-. The smallest absolute Gasteiger partial charge is 0.311 e. The monoisotopic (exact) mass is 388 g/mol. The Kier molecular flexibility index (Phi) is 15.3. The Bertz CT molecular complexity index is 519. The molecule has 0 aliphatic heterocycles. The van der Waals surface area contributed by atoms with Gasteiger partial charge in [-0.3, -0.25) is 4.79 Å². The second kappa shape index (κ2) is 17.5. The summed E-state index contributed by atoms with van der Waals surface area (Å²) in [6.07, 6.45) is 21.4. The molecule has 0 radical (unpaired) electrons. The second-order valence-corrected chi connectivity index (χ2v) is 7.61. The summed E-state index contributed by atoms with van der Waals surface area (Å²) >= 11 is 0. The SMILES string of the molecule is CCCCCCCC/C=C\CCCCCCCC(=O)Oc1ccc(CO)cc1. The van der Waals surface area contributed by atoms with Crippen molar-refractivity contribution in [3.63, 3.8) is 0 Å². The van der Waals surface area contributed by atoms with Crippen LogP contribution in [0.3, 0.4) is 0 Å². The lowest BCUT2D eigenvalue weighted by Gasteiger charge is -2.05. The van der Waals surface area contributed by atoms with Crippen molar-refractivity contribution in [3.05, 3.63) is 42.0 Å². The molecule has 0 unspecified atom stereocenters. The highest BCUT2D eigenvalue weighted by atomic mass is 16.5. The van der Waals surface area contributed by atoms with E-state index in [-0.39, 0.29) is 12.6 Å². The number of aliphatic hydroxyl groups is 1. The molecule has 0 fully saturated rings. The third-order valence-corrected chi connectivity index (χ3v) is 4.98. The molecular formula is C25H40O3. The fourth-order valence-electron chi connectivity index (χ4n) is 3.19. The number of carbonyl (C=O) groups excluding carboxylic acids is 1. The third-order valence-electron chi connectivity index (χ3n) is 4.98. The van der Waals surface area contributed by atoms with Crippen molar-refractivity contribution in [2.45, 2.75) is 103 Å². The third kappa shape index (κ3) is 13.5. The van der Waals surface area contributed by atoms with Gasteiger partial charge in [-0.2, -0.15) is 0 Å². The molecule has 3 nitrogen and oxygen atoms in total. The lowest BCUT2D eigenvalue weighted by Crippen LogP contribution is -2.07. The Morgan fingerprint density at radius 3 is 1.93 bits per heavy atom. The molecule has 158 valence electrons. The summed E-state index contributed by atoms with van der Waals surface area (Å²) in [4.78, 5) is 11.8. The molecule has 0 atom stereocenters. The van der Waals surface area contributed by atoms with E-state index in [0.29, 0.717) is 12.2 Å². The molecule has 0 saturated carbocycles. The normalized spacial score (nSPS) is 11.2. The Labute approximate surface area is 172 Å². The highest BCUT2D eigenvalue weighted by Crippen LogP contribution is 2.14. The fourth-order valence-corrected chi connectivity index (χ4v) is 3.19. The lowest BCUT2D eigenvalue weighted by atomic mass is 10.1. The molecule has 0 aliphatic carbocycles. The van der Waals surface area contributed by atoms with E-state index >= 15 is 0 Å². The van der Waals surface area contributed by atoms with Gasteiger partial charge in [0.15, 0.2) is 0 Å². The summed E-state index contributed by atoms with van der Waals surface area (Å²) in [5, 5.41) is 9.00. The minimum absolute atomic E-state index is 0.00312. The number of allylic oxidation sites excluding steroid dienone is 2. The van der Waals surface area contributed by atoms with Crippen LogP contribution in [0.15, 0.2) is 36.4 Å². The zero-order valence-corrected chi connectivity index (χ0v) is 17.8. The van der Waals surface area contributed by atoms with E-state index in [2.05, 4.69) is 19.1 Å². The number of rotatable bonds is 17. The number of hydrogen-bond donors (Lipinski definition) is 1. The molecular weight excluding hydrogens is 348 g/mol. The van der Waals surface area contributed by atoms with E-state index in [0.717, 1.165) is 18.4 Å². The largest absolute Gasteiger partial charge is 0.427 e. The van der Waals surface area contributed by atoms with Gasteiger partial charge in [-0.15, -0.1) is 0 Å². The van der Waals surface area contributed by atoms with Crippen LogP contribution in [0, 0.1) is 0 Å². The molecule has 0 spiro atoms. The zero-order valence-electron chi connectivity index (χ0n) is 17.8. The predicted octanol–water partition coefficient (Wildman–Crippen LogP) is 7.12. The molecule has 1 rings (SSSR count). The molecule has 0 bridgehead atoms. The van der Waals surface area contributed by atoms with Crippen LogP contribution >= 0.6 is 0 Å². The first-order valence-electron chi connectivity index (χ1n) is 11.3. The van der Waals surface area contributed by atoms with Crippen molar-refractivity contribution in [1.82, 2.24) is 0 Å². The number of ether oxygens (including phenoxy) is 1. The van der Waals surface area contributed by atoms with Crippen LogP contribution in [0.25, 0.3) is 0 Å². The Morgan fingerprint density at radius 2 is 1.36 bits per heavy atom. The molecule has 1 aromatic carbocycles. The Morgan fingerprint density at radius 1 is 0.821 bits per heavy atom. The summed E-state index contributed by atoms with van der Waals surface area (Å²) < 4.78 is 5.30. The fraction of sp³-hybridized carbons (Fsp3) is 0.640. The number of carbonyl (C=O) groups is 1. The molecule has 28 heavy (non-hydrogen) atoms. The summed E-state index contributed by atoms with van der Waals surface area (Å²) in [5.74, 6) is 0.379. The first-order valence-corrected chi connectivity index (χ1v) is 11.3. The summed E-state index contributed by atoms with van der Waals surface area (Å²) in [6, 6.07) is 6.99. The van der Waals surface area contributed by atoms with Gasteiger partial charge in [-0.25, -0.2) is 0 Å². The van der Waals surface area contributed by atoms with Gasteiger partial charge in [-0.05, 0) is 49.8 Å². The van der Waals surface area contributed by atoms with Gasteiger partial charge in [0, 0.05) is 6.42 Å². The van der Waals surface area contributed by atoms with E-state index in [9.17, 15) is 4.79 Å². The topological polar surface area (TPSA) is 46.5 Å². The van der Waals surface area contributed by atoms with Gasteiger partial charge in [-0.1, -0.05) is 82.6 Å². The predicted molar refractivity (Wildman–Crippen MR) is 117 cm³/mol. The van der Waals surface area contributed by atoms with Crippen molar-refractivity contribution in [2.24, 2.45) is 0 Å². The van der Waals surface area contributed by atoms with Crippen molar-refractivity contribution in [3.8, 4) is 5.75 Å². The van der Waals surface area contributed by atoms with Gasteiger partial charge in [0.05, 0.1) is 6.61 Å². The van der Waals surface area contributed by atoms with Gasteiger partial charge in [0.2, 0.25) is 0 Å². The lowest BCUT2D eigenvalue weighted by molar-refractivity contribution is -0.134. The zero-order chi connectivity index (χ0) is 20.3. The van der Waals surface area contributed by atoms with E-state index in [1.165, 1.54) is 70.6 Å². The van der Waals surface area contributed by atoms with E-state index in [1.54, 1.807) is 24.3 Å². The van der Waals surface area contributed by atoms with E-state index < -0.39 is 0 Å². The van der Waals surface area contributed by atoms with Crippen LogP contribution < -0.4 is 4.74 Å². The van der Waals surface area contributed by atoms with Crippen LogP contribution in [-0.2, 0) is 11.4 Å². The molecule has 1 N–H and O–H groups in total. The highest BCUT2D eigenvalue weighted by Gasteiger charge is 2.04. The number of hydrogen-bond acceptors (Lipinski definition) is 3. The summed E-state index contributed by atoms with van der Waals surface area (Å²) in [5.41, 5.74) is 0.817. The second-order valence-electron chi connectivity index (χ2n) is 7.61. The molecule has 1 aromatic rings. The van der Waals surface area contributed by atoms with E-state index in [1.807, 2.05) is 0 Å². The molecule has 0 heterocycles. The van der Waals surface area contributed by atoms with Gasteiger partial charge in [0.1, 0.15) is 5.75 Å². The quantitative estimate of drug-likeness (QED) is 0.134. The average Bonchev–Trinajstić information content (AvgIpc) is 2.71. The molecule has 0 saturated heterocycles. The van der Waals surface area contributed by atoms with Crippen molar-refractivity contribution in [1.29, 1.82) is 0 Å². The maximum absolute atomic E-state index is 11.8. The van der Waals surface area contributed by atoms with Crippen molar-refractivity contribution < 1.29 is 14.6 Å². The molecule has 0 aliphatic rings. The number of esters is 1. The number of unbranched alkanes of at least 4 members (excludes halogenated alkanes) is 11. The molecule has 0 amide bonds. The van der Waals surface area contributed by atoms with Gasteiger partial charge < -0.3 is 9.84 Å². The Balaban J connectivity index is 1.89. The molecule has 0 aromatic heterocycles.